The average molecular weight is 317 g/mol. The zero-order valence-corrected chi connectivity index (χ0v) is 13.1. The molecule has 5 nitrogen and oxygen atoms in total. The van der Waals surface area contributed by atoms with Crippen LogP contribution in [0.3, 0.4) is 0 Å². The molecule has 2 aliphatic rings. The summed E-state index contributed by atoms with van der Waals surface area (Å²) in [4.78, 5) is 1.10. The Labute approximate surface area is 123 Å². The number of hydrogen-bond acceptors (Lipinski definition) is 5. The van der Waals surface area contributed by atoms with Gasteiger partial charge >= 0.3 is 0 Å². The maximum absolute atomic E-state index is 12.6. The predicted octanol–water partition coefficient (Wildman–Crippen LogP) is 1.84. The molecule has 0 bridgehead atoms. The van der Waals surface area contributed by atoms with Crippen LogP contribution in [0, 0.1) is 0 Å². The van der Waals surface area contributed by atoms with E-state index in [1.54, 1.807) is 10.4 Å². The highest BCUT2D eigenvalue weighted by molar-refractivity contribution is 7.91. The van der Waals surface area contributed by atoms with Gasteiger partial charge in [-0.2, -0.15) is 4.31 Å². The fourth-order valence-corrected chi connectivity index (χ4v) is 5.56. The van der Waals surface area contributed by atoms with Crippen molar-refractivity contribution in [3.63, 3.8) is 0 Å². The Bertz CT molecular complexity index is 565. The van der Waals surface area contributed by atoms with Crippen molar-refractivity contribution in [2.75, 3.05) is 26.3 Å². The van der Waals surface area contributed by atoms with Gasteiger partial charge in [0.2, 0.25) is 0 Å². The number of hydrogen-bond donors (Lipinski definition) is 0. The summed E-state index contributed by atoms with van der Waals surface area (Å²) in [5.41, 5.74) is 0. The predicted molar refractivity (Wildman–Crippen MR) is 76.3 cm³/mol. The summed E-state index contributed by atoms with van der Waals surface area (Å²) in [6, 6.07) is 3.61. The minimum atomic E-state index is -3.36. The van der Waals surface area contributed by atoms with E-state index >= 15 is 0 Å². The quantitative estimate of drug-likeness (QED) is 0.853. The first-order chi connectivity index (χ1) is 9.56. The molecule has 0 saturated carbocycles. The van der Waals surface area contributed by atoms with Crippen molar-refractivity contribution in [1.82, 2.24) is 4.31 Å². The number of nitrogens with zero attached hydrogens (tertiary/aromatic N) is 1. The number of rotatable bonds is 3. The van der Waals surface area contributed by atoms with Gasteiger partial charge in [-0.1, -0.05) is 6.92 Å². The van der Waals surface area contributed by atoms with Gasteiger partial charge in [-0.3, -0.25) is 0 Å². The van der Waals surface area contributed by atoms with E-state index in [9.17, 15) is 8.42 Å². The number of thiophene rings is 1. The molecule has 20 heavy (non-hydrogen) atoms. The van der Waals surface area contributed by atoms with Gasteiger partial charge in [-0.05, 0) is 18.6 Å². The normalized spacial score (nSPS) is 23.4. The molecule has 1 aromatic heterocycles. The Morgan fingerprint density at radius 1 is 1.25 bits per heavy atom. The fraction of sp³-hybridized carbons (Fsp3) is 0.692. The van der Waals surface area contributed by atoms with E-state index in [4.69, 9.17) is 9.47 Å². The van der Waals surface area contributed by atoms with E-state index in [0.29, 0.717) is 43.4 Å². The minimum Gasteiger partial charge on any atom is -0.347 e. The lowest BCUT2D eigenvalue weighted by atomic mass is 10.1. The molecular weight excluding hydrogens is 298 g/mol. The molecule has 0 amide bonds. The van der Waals surface area contributed by atoms with E-state index < -0.39 is 15.8 Å². The van der Waals surface area contributed by atoms with E-state index in [0.717, 1.165) is 11.3 Å². The Hall–Kier alpha value is -0.470. The van der Waals surface area contributed by atoms with Crippen LogP contribution in [0.1, 0.15) is 24.6 Å². The van der Waals surface area contributed by atoms with Crippen molar-refractivity contribution in [3.8, 4) is 0 Å². The van der Waals surface area contributed by atoms with Gasteiger partial charge in [0.1, 0.15) is 4.21 Å². The summed E-state index contributed by atoms with van der Waals surface area (Å²) in [6.45, 7) is 4.17. The molecule has 0 aliphatic carbocycles. The zero-order valence-electron chi connectivity index (χ0n) is 11.5. The third-order valence-corrected chi connectivity index (χ3v) is 7.47. The van der Waals surface area contributed by atoms with Crippen LogP contribution >= 0.6 is 11.3 Å². The molecule has 0 atom stereocenters. The van der Waals surface area contributed by atoms with Gasteiger partial charge in [-0.15, -0.1) is 11.3 Å². The summed E-state index contributed by atoms with van der Waals surface area (Å²) < 4.78 is 38.4. The molecule has 0 unspecified atom stereocenters. The van der Waals surface area contributed by atoms with Crippen molar-refractivity contribution < 1.29 is 17.9 Å². The van der Waals surface area contributed by atoms with Gasteiger partial charge in [0.15, 0.2) is 5.79 Å². The SMILES string of the molecule is CCc1ccc(S(=O)(=O)N2CCC3(CC2)OCCO3)s1. The maximum Gasteiger partial charge on any atom is 0.252 e. The zero-order chi connectivity index (χ0) is 14.2. The van der Waals surface area contributed by atoms with E-state index in [2.05, 4.69) is 0 Å². The third kappa shape index (κ3) is 2.53. The second-order valence-electron chi connectivity index (χ2n) is 5.09. The van der Waals surface area contributed by atoms with Crippen molar-refractivity contribution >= 4 is 21.4 Å². The Kier molecular flexibility index (Phi) is 3.89. The van der Waals surface area contributed by atoms with E-state index in [1.165, 1.54) is 11.3 Å². The molecule has 0 aromatic carbocycles. The first-order valence-electron chi connectivity index (χ1n) is 6.92. The maximum atomic E-state index is 12.6. The molecular formula is C13H19NO4S2. The Balaban J connectivity index is 1.73. The lowest BCUT2D eigenvalue weighted by molar-refractivity contribution is -0.179. The summed E-state index contributed by atoms with van der Waals surface area (Å²) >= 11 is 1.37. The molecule has 2 saturated heterocycles. The van der Waals surface area contributed by atoms with Crippen molar-refractivity contribution in [1.29, 1.82) is 0 Å². The monoisotopic (exact) mass is 317 g/mol. The van der Waals surface area contributed by atoms with Crippen LogP contribution in [0.2, 0.25) is 0 Å². The van der Waals surface area contributed by atoms with Gasteiger partial charge in [0, 0.05) is 30.8 Å². The van der Waals surface area contributed by atoms with Crippen molar-refractivity contribution in [2.24, 2.45) is 0 Å². The van der Waals surface area contributed by atoms with E-state index in [-0.39, 0.29) is 0 Å². The Morgan fingerprint density at radius 3 is 2.45 bits per heavy atom. The van der Waals surface area contributed by atoms with Crippen LogP contribution in [0.25, 0.3) is 0 Å². The molecule has 0 N–H and O–H groups in total. The van der Waals surface area contributed by atoms with Gasteiger partial charge in [0.25, 0.3) is 10.0 Å². The lowest BCUT2D eigenvalue weighted by Gasteiger charge is -2.36. The lowest BCUT2D eigenvalue weighted by Crippen LogP contribution is -2.47. The largest absolute Gasteiger partial charge is 0.347 e. The van der Waals surface area contributed by atoms with Crippen LogP contribution in [0.4, 0.5) is 0 Å². The first kappa shape index (κ1) is 14.5. The molecule has 2 aliphatic heterocycles. The average Bonchev–Trinajstić information content (AvgIpc) is 3.09. The minimum absolute atomic E-state index is 0.443. The molecule has 7 heteroatoms. The van der Waals surface area contributed by atoms with Gasteiger partial charge in [0.05, 0.1) is 13.2 Å². The van der Waals surface area contributed by atoms with Gasteiger partial charge in [-0.25, -0.2) is 8.42 Å². The van der Waals surface area contributed by atoms with Crippen LogP contribution in [0.5, 0.6) is 0 Å². The number of piperidine rings is 1. The topological polar surface area (TPSA) is 55.8 Å². The summed E-state index contributed by atoms with van der Waals surface area (Å²) in [5.74, 6) is -0.532. The highest BCUT2D eigenvalue weighted by Gasteiger charge is 2.42. The summed E-state index contributed by atoms with van der Waals surface area (Å²) in [6.07, 6.45) is 2.08. The van der Waals surface area contributed by atoms with Crippen molar-refractivity contribution in [2.45, 2.75) is 36.2 Å². The number of ether oxygens (including phenoxy) is 2. The van der Waals surface area contributed by atoms with Gasteiger partial charge < -0.3 is 9.47 Å². The standard InChI is InChI=1S/C13H19NO4S2/c1-2-11-3-4-12(19-11)20(15,16)14-7-5-13(6-8-14)17-9-10-18-13/h3-4H,2,5-10H2,1H3. The first-order valence-corrected chi connectivity index (χ1v) is 9.18. The molecule has 3 heterocycles. The summed E-state index contributed by atoms with van der Waals surface area (Å²) in [5, 5.41) is 0. The second-order valence-corrected chi connectivity index (χ2v) is 8.42. The highest BCUT2D eigenvalue weighted by Crippen LogP contribution is 2.34. The van der Waals surface area contributed by atoms with Crippen LogP contribution in [0.15, 0.2) is 16.3 Å². The van der Waals surface area contributed by atoms with Crippen LogP contribution < -0.4 is 0 Å². The molecule has 1 aromatic rings. The highest BCUT2D eigenvalue weighted by atomic mass is 32.2. The third-order valence-electron chi connectivity index (χ3n) is 3.88. The molecule has 2 fully saturated rings. The van der Waals surface area contributed by atoms with Crippen molar-refractivity contribution in [3.05, 3.63) is 17.0 Å². The molecule has 112 valence electrons. The molecule has 1 spiro atoms. The smallest absolute Gasteiger partial charge is 0.252 e. The molecule has 0 radical (unpaired) electrons. The van der Waals surface area contributed by atoms with Crippen LogP contribution in [-0.2, 0) is 25.9 Å². The van der Waals surface area contributed by atoms with Crippen LogP contribution in [-0.4, -0.2) is 44.8 Å². The number of aryl methyl sites for hydroxylation is 1. The molecule has 3 rings (SSSR count). The number of sulfonamides is 1. The second kappa shape index (κ2) is 5.38. The fourth-order valence-electron chi connectivity index (χ4n) is 2.67. The Morgan fingerprint density at radius 2 is 1.90 bits per heavy atom. The summed E-state index contributed by atoms with van der Waals surface area (Å²) in [7, 11) is -3.36. The van der Waals surface area contributed by atoms with E-state index in [1.807, 2.05) is 13.0 Å².